The molecule has 7 heteroatoms. The molecule has 37 heavy (non-hydrogen) atoms. The average molecular weight is 495 g/mol. The van der Waals surface area contributed by atoms with E-state index in [4.69, 9.17) is 9.47 Å². The van der Waals surface area contributed by atoms with E-state index < -0.39 is 12.0 Å². The van der Waals surface area contributed by atoms with Crippen LogP contribution in [0.15, 0.2) is 84.9 Å². The normalized spacial score (nSPS) is 14.4. The molecule has 0 bridgehead atoms. The van der Waals surface area contributed by atoms with Crippen LogP contribution in [0.5, 0.6) is 5.75 Å². The molecule has 1 unspecified atom stereocenters. The van der Waals surface area contributed by atoms with Gasteiger partial charge in [0.2, 0.25) is 0 Å². The number of anilines is 2. The second-order valence-electron chi connectivity index (χ2n) is 8.69. The van der Waals surface area contributed by atoms with Crippen molar-refractivity contribution in [3.63, 3.8) is 0 Å². The molecule has 1 aliphatic rings. The summed E-state index contributed by atoms with van der Waals surface area (Å²) >= 11 is 0. The third kappa shape index (κ3) is 4.63. The van der Waals surface area contributed by atoms with Gasteiger partial charge in [0, 0.05) is 11.1 Å². The summed E-state index contributed by atoms with van der Waals surface area (Å²) in [5.41, 5.74) is 2.70. The average Bonchev–Trinajstić information content (AvgIpc) is 3.17. The number of amides is 2. The zero-order valence-corrected chi connectivity index (χ0v) is 20.6. The lowest BCUT2D eigenvalue weighted by molar-refractivity contribution is -0.143. The number of carbonyl (C=O) groups is 3. The number of nitrogens with one attached hydrogen (secondary N) is 1. The van der Waals surface area contributed by atoms with Crippen molar-refractivity contribution < 1.29 is 23.9 Å². The van der Waals surface area contributed by atoms with Crippen LogP contribution in [0.1, 0.15) is 45.7 Å². The van der Waals surface area contributed by atoms with Crippen molar-refractivity contribution in [2.24, 2.45) is 0 Å². The molecule has 1 heterocycles. The minimum Gasteiger partial charge on any atom is -0.497 e. The van der Waals surface area contributed by atoms with E-state index >= 15 is 0 Å². The maximum atomic E-state index is 13.8. The van der Waals surface area contributed by atoms with Crippen LogP contribution in [0.2, 0.25) is 0 Å². The number of methoxy groups -OCH3 is 1. The zero-order valence-electron chi connectivity index (χ0n) is 20.6. The number of ether oxygens (including phenoxy) is 2. The Balaban J connectivity index is 1.55. The van der Waals surface area contributed by atoms with E-state index in [0.29, 0.717) is 28.3 Å². The molecule has 186 valence electrons. The molecule has 0 saturated heterocycles. The minimum absolute atomic E-state index is 0.00825. The Morgan fingerprint density at radius 3 is 2.30 bits per heavy atom. The van der Waals surface area contributed by atoms with Crippen molar-refractivity contribution in [1.82, 2.24) is 0 Å². The summed E-state index contributed by atoms with van der Waals surface area (Å²) in [4.78, 5) is 41.1. The van der Waals surface area contributed by atoms with Gasteiger partial charge in [0.1, 0.15) is 5.75 Å². The van der Waals surface area contributed by atoms with Gasteiger partial charge in [0.15, 0.2) is 0 Å². The number of para-hydroxylation sites is 2. The molecule has 5 rings (SSSR count). The van der Waals surface area contributed by atoms with Crippen molar-refractivity contribution in [1.29, 1.82) is 0 Å². The molecule has 1 N–H and O–H groups in total. The van der Waals surface area contributed by atoms with Gasteiger partial charge in [0.25, 0.3) is 11.8 Å². The lowest BCUT2D eigenvalue weighted by Gasteiger charge is -2.27. The van der Waals surface area contributed by atoms with Crippen LogP contribution in [-0.4, -0.2) is 31.5 Å². The number of benzene rings is 4. The minimum atomic E-state index is -0.579. The number of hydrogen-bond acceptors (Lipinski definition) is 5. The first-order chi connectivity index (χ1) is 18.0. The van der Waals surface area contributed by atoms with Gasteiger partial charge < -0.3 is 14.8 Å². The molecule has 0 aromatic heterocycles. The lowest BCUT2D eigenvalue weighted by Crippen LogP contribution is -2.30. The van der Waals surface area contributed by atoms with Gasteiger partial charge in [-0.05, 0) is 71.8 Å². The molecule has 0 spiro atoms. The molecule has 2 amide bonds. The second kappa shape index (κ2) is 10.1. The van der Waals surface area contributed by atoms with E-state index in [1.165, 1.54) is 0 Å². The van der Waals surface area contributed by atoms with Crippen LogP contribution in [0.4, 0.5) is 11.4 Å². The quantitative estimate of drug-likeness (QED) is 0.331. The summed E-state index contributed by atoms with van der Waals surface area (Å²) in [5, 5.41) is 4.85. The Labute approximate surface area is 214 Å². The molecule has 7 nitrogen and oxygen atoms in total. The Morgan fingerprint density at radius 1 is 0.919 bits per heavy atom. The molecule has 0 aliphatic carbocycles. The van der Waals surface area contributed by atoms with E-state index in [2.05, 4.69) is 5.32 Å². The molecule has 1 atom stereocenters. The van der Waals surface area contributed by atoms with Crippen LogP contribution in [0.25, 0.3) is 10.8 Å². The summed E-state index contributed by atoms with van der Waals surface area (Å²) in [6.45, 7) is 2.00. The highest BCUT2D eigenvalue weighted by Crippen LogP contribution is 2.43. The van der Waals surface area contributed by atoms with E-state index in [-0.39, 0.29) is 24.8 Å². The fourth-order valence-electron chi connectivity index (χ4n) is 4.71. The van der Waals surface area contributed by atoms with Crippen LogP contribution >= 0.6 is 0 Å². The van der Waals surface area contributed by atoms with E-state index in [1.54, 1.807) is 67.5 Å². The highest BCUT2D eigenvalue weighted by molar-refractivity contribution is 6.16. The summed E-state index contributed by atoms with van der Waals surface area (Å²) in [6, 6.07) is 24.9. The van der Waals surface area contributed by atoms with E-state index in [9.17, 15) is 14.4 Å². The summed E-state index contributed by atoms with van der Waals surface area (Å²) in [5.74, 6) is -0.314. The van der Waals surface area contributed by atoms with E-state index in [0.717, 1.165) is 16.3 Å². The lowest BCUT2D eigenvalue weighted by atomic mass is 9.97. The Hall–Kier alpha value is -4.65. The SMILES string of the molecule is CCOC(=O)CC1c2cc3ccccc3cc2C(=O)N1c1ccccc1NC(=O)c1ccc(OC)cc1. The first kappa shape index (κ1) is 24.1. The first-order valence-electron chi connectivity index (χ1n) is 12.1. The van der Waals surface area contributed by atoms with Gasteiger partial charge in [-0.15, -0.1) is 0 Å². The Bertz CT molecular complexity index is 1500. The molecule has 4 aromatic carbocycles. The molecule has 0 radical (unpaired) electrons. The molecule has 1 aliphatic heterocycles. The molecular weight excluding hydrogens is 468 g/mol. The largest absolute Gasteiger partial charge is 0.497 e. The van der Waals surface area contributed by atoms with Gasteiger partial charge in [-0.1, -0.05) is 36.4 Å². The van der Waals surface area contributed by atoms with Gasteiger partial charge in [0.05, 0.1) is 37.6 Å². The van der Waals surface area contributed by atoms with Crippen molar-refractivity contribution in [3.05, 3.63) is 102 Å². The maximum Gasteiger partial charge on any atom is 0.308 e. The topological polar surface area (TPSA) is 84.9 Å². The van der Waals surface area contributed by atoms with Gasteiger partial charge >= 0.3 is 5.97 Å². The molecule has 0 saturated carbocycles. The Kier molecular flexibility index (Phi) is 6.60. The number of carbonyl (C=O) groups excluding carboxylic acids is 3. The Morgan fingerprint density at radius 2 is 1.59 bits per heavy atom. The summed E-state index contributed by atoms with van der Waals surface area (Å²) in [6.07, 6.45) is -0.00825. The number of nitrogens with zero attached hydrogens (tertiary/aromatic N) is 1. The van der Waals surface area contributed by atoms with Gasteiger partial charge in [-0.3, -0.25) is 19.3 Å². The third-order valence-corrected chi connectivity index (χ3v) is 6.47. The van der Waals surface area contributed by atoms with Crippen LogP contribution in [-0.2, 0) is 9.53 Å². The van der Waals surface area contributed by atoms with Crippen molar-refractivity contribution in [2.45, 2.75) is 19.4 Å². The fourth-order valence-corrected chi connectivity index (χ4v) is 4.71. The van der Waals surface area contributed by atoms with Crippen molar-refractivity contribution in [2.75, 3.05) is 23.9 Å². The first-order valence-corrected chi connectivity index (χ1v) is 12.1. The standard InChI is InChI=1S/C30H26N2O5/c1-3-37-28(33)18-27-23-16-20-8-4-5-9-21(20)17-24(23)30(35)32(27)26-11-7-6-10-25(26)31-29(34)19-12-14-22(36-2)15-13-19/h4-17,27H,3,18H2,1-2H3,(H,31,34). The van der Waals surface area contributed by atoms with Crippen LogP contribution in [0, 0.1) is 0 Å². The smallest absolute Gasteiger partial charge is 0.308 e. The summed E-state index contributed by atoms with van der Waals surface area (Å²) < 4.78 is 10.4. The third-order valence-electron chi connectivity index (χ3n) is 6.47. The number of esters is 1. The maximum absolute atomic E-state index is 13.8. The number of rotatable bonds is 7. The van der Waals surface area contributed by atoms with Gasteiger partial charge in [-0.25, -0.2) is 0 Å². The second-order valence-corrected chi connectivity index (χ2v) is 8.69. The van der Waals surface area contributed by atoms with E-state index in [1.807, 2.05) is 36.4 Å². The van der Waals surface area contributed by atoms with Crippen molar-refractivity contribution in [3.8, 4) is 5.75 Å². The zero-order chi connectivity index (χ0) is 25.9. The predicted octanol–water partition coefficient (Wildman–Crippen LogP) is 5.76. The monoisotopic (exact) mass is 494 g/mol. The summed E-state index contributed by atoms with van der Waals surface area (Å²) in [7, 11) is 1.56. The molecule has 0 fully saturated rings. The number of fused-ring (bicyclic) bond motifs is 2. The van der Waals surface area contributed by atoms with Crippen LogP contribution < -0.4 is 15.0 Å². The fraction of sp³-hybridized carbons (Fsp3) is 0.167. The van der Waals surface area contributed by atoms with Crippen molar-refractivity contribution >= 4 is 39.9 Å². The van der Waals surface area contributed by atoms with Gasteiger partial charge in [-0.2, -0.15) is 0 Å². The molecular formula is C30H26N2O5. The predicted molar refractivity (Wildman–Crippen MR) is 142 cm³/mol. The number of hydrogen-bond donors (Lipinski definition) is 1. The highest BCUT2D eigenvalue weighted by Gasteiger charge is 2.40. The van der Waals surface area contributed by atoms with Crippen LogP contribution in [0.3, 0.4) is 0 Å². The highest BCUT2D eigenvalue weighted by atomic mass is 16.5. The molecule has 4 aromatic rings.